The first-order chi connectivity index (χ1) is 46.0. The molecule has 0 saturated heterocycles. The van der Waals surface area contributed by atoms with Gasteiger partial charge in [0.05, 0.1) is 27.7 Å². The van der Waals surface area contributed by atoms with E-state index in [0.29, 0.717) is 23.9 Å². The number of hydrogen-bond donors (Lipinski definition) is 1. The lowest BCUT2D eigenvalue weighted by Crippen LogP contribution is -2.37. The number of ether oxygens (including phenoxy) is 2. The molecule has 0 heterocycles. The van der Waals surface area contributed by atoms with Gasteiger partial charge < -0.3 is 18.9 Å². The number of phosphoric ester groups is 1. The molecule has 10 heteroatoms. The summed E-state index contributed by atoms with van der Waals surface area (Å²) < 4.78 is 34.8. The van der Waals surface area contributed by atoms with E-state index in [4.69, 9.17) is 18.5 Å². The second kappa shape index (κ2) is 74.2. The largest absolute Gasteiger partial charge is 0.472 e. The van der Waals surface area contributed by atoms with Crippen LogP contribution in [0.3, 0.4) is 0 Å². The molecule has 0 amide bonds. The van der Waals surface area contributed by atoms with Crippen LogP contribution in [0.15, 0.2) is 97.2 Å². The summed E-state index contributed by atoms with van der Waals surface area (Å²) in [6.45, 7) is 4.27. The van der Waals surface area contributed by atoms with Crippen LogP contribution in [-0.4, -0.2) is 74.9 Å². The molecule has 9 nitrogen and oxygen atoms in total. The number of carbonyl (C=O) groups excluding carboxylic acids is 2. The molecule has 0 aromatic heterocycles. The first-order valence-electron chi connectivity index (χ1n) is 40.0. The highest BCUT2D eigenvalue weighted by atomic mass is 31.2. The molecule has 0 spiro atoms. The average molecular weight is 1340 g/mol. The number of carbonyl (C=O) groups is 2. The van der Waals surface area contributed by atoms with Crippen LogP contribution in [0.25, 0.3) is 0 Å². The fourth-order valence-electron chi connectivity index (χ4n) is 11.6. The van der Waals surface area contributed by atoms with Crippen molar-refractivity contribution in [3.05, 3.63) is 97.2 Å². The number of esters is 2. The Morgan fingerprint density at radius 1 is 0.330 bits per heavy atom. The number of nitrogens with zero attached hydrogens (tertiary/aromatic N) is 1. The fraction of sp³-hybridized carbons (Fsp3) is 0.786. The number of allylic oxidation sites excluding steroid dienone is 16. The molecule has 0 aliphatic heterocycles. The van der Waals surface area contributed by atoms with E-state index in [-0.39, 0.29) is 25.6 Å². The quantitative estimate of drug-likeness (QED) is 0.0211. The Morgan fingerprint density at radius 3 is 0.851 bits per heavy atom. The van der Waals surface area contributed by atoms with Gasteiger partial charge in [-0.15, -0.1) is 0 Å². The van der Waals surface area contributed by atoms with Gasteiger partial charge >= 0.3 is 19.8 Å². The molecule has 0 rings (SSSR count). The monoisotopic (exact) mass is 1340 g/mol. The Labute approximate surface area is 583 Å². The average Bonchev–Trinajstić information content (AvgIpc) is 1.56. The molecule has 546 valence electrons. The highest BCUT2D eigenvalue weighted by molar-refractivity contribution is 7.47. The third-order valence-electron chi connectivity index (χ3n) is 17.6. The van der Waals surface area contributed by atoms with E-state index in [0.717, 1.165) is 83.5 Å². The van der Waals surface area contributed by atoms with E-state index in [1.807, 2.05) is 21.1 Å². The molecule has 0 bridgehead atoms. The van der Waals surface area contributed by atoms with Crippen LogP contribution in [0.5, 0.6) is 0 Å². The third kappa shape index (κ3) is 77.9. The van der Waals surface area contributed by atoms with Gasteiger partial charge in [0.1, 0.15) is 19.8 Å². The van der Waals surface area contributed by atoms with E-state index in [1.165, 1.54) is 257 Å². The van der Waals surface area contributed by atoms with Crippen molar-refractivity contribution in [1.29, 1.82) is 0 Å². The minimum atomic E-state index is -4.40. The van der Waals surface area contributed by atoms with Crippen LogP contribution in [0.2, 0.25) is 0 Å². The second-order valence-corrected chi connectivity index (χ2v) is 29.5. The minimum Gasteiger partial charge on any atom is -0.462 e. The number of unbranched alkanes of at least 4 members (excludes halogenated alkanes) is 44. The molecule has 0 radical (unpaired) electrons. The molecule has 0 aliphatic rings. The highest BCUT2D eigenvalue weighted by Gasteiger charge is 2.27. The predicted octanol–water partition coefficient (Wildman–Crippen LogP) is 26.6. The van der Waals surface area contributed by atoms with Crippen LogP contribution in [0.4, 0.5) is 0 Å². The summed E-state index contributed by atoms with van der Waals surface area (Å²) in [7, 11) is 1.49. The van der Waals surface area contributed by atoms with Crippen molar-refractivity contribution in [3.8, 4) is 0 Å². The molecular weight excluding hydrogens is 1180 g/mol. The Morgan fingerprint density at radius 2 is 0.574 bits per heavy atom. The lowest BCUT2D eigenvalue weighted by atomic mass is 10.0. The zero-order valence-corrected chi connectivity index (χ0v) is 63.3. The maximum absolute atomic E-state index is 12.9. The molecule has 1 N–H and O–H groups in total. The van der Waals surface area contributed by atoms with Crippen molar-refractivity contribution in [2.24, 2.45) is 0 Å². The first-order valence-corrected chi connectivity index (χ1v) is 41.5. The summed E-state index contributed by atoms with van der Waals surface area (Å²) in [6.07, 6.45) is 104. The number of phosphoric acid groups is 1. The van der Waals surface area contributed by atoms with Gasteiger partial charge in [0.2, 0.25) is 0 Å². The van der Waals surface area contributed by atoms with Crippen molar-refractivity contribution in [2.75, 3.05) is 47.5 Å². The van der Waals surface area contributed by atoms with Crippen molar-refractivity contribution in [2.45, 2.75) is 380 Å². The Hall–Kier alpha value is -3.07. The van der Waals surface area contributed by atoms with Gasteiger partial charge in [-0.3, -0.25) is 18.6 Å². The zero-order valence-electron chi connectivity index (χ0n) is 62.4. The maximum Gasteiger partial charge on any atom is 0.472 e. The van der Waals surface area contributed by atoms with Gasteiger partial charge in [0.25, 0.3) is 0 Å². The van der Waals surface area contributed by atoms with Gasteiger partial charge in [-0.05, 0) is 89.9 Å². The van der Waals surface area contributed by atoms with Crippen LogP contribution in [0.1, 0.15) is 373 Å². The highest BCUT2D eigenvalue weighted by Crippen LogP contribution is 2.43. The summed E-state index contributed by atoms with van der Waals surface area (Å²) in [5.74, 6) is -0.778. The topological polar surface area (TPSA) is 108 Å². The Balaban J connectivity index is 3.92. The maximum atomic E-state index is 12.9. The summed E-state index contributed by atoms with van der Waals surface area (Å²) in [5.41, 5.74) is 0. The van der Waals surface area contributed by atoms with E-state index in [9.17, 15) is 19.0 Å². The van der Waals surface area contributed by atoms with Gasteiger partial charge in [-0.25, -0.2) is 4.57 Å². The fourth-order valence-corrected chi connectivity index (χ4v) is 12.3. The number of hydrogen-bond acceptors (Lipinski definition) is 7. The molecule has 2 atom stereocenters. The van der Waals surface area contributed by atoms with Crippen molar-refractivity contribution in [1.82, 2.24) is 0 Å². The van der Waals surface area contributed by atoms with Gasteiger partial charge in [-0.2, -0.15) is 0 Å². The number of likely N-dealkylation sites (N-methyl/N-ethyl adjacent to an activating group) is 1. The Kier molecular flexibility index (Phi) is 71.7. The lowest BCUT2D eigenvalue weighted by Gasteiger charge is -2.24. The van der Waals surface area contributed by atoms with E-state index in [2.05, 4.69) is 111 Å². The van der Waals surface area contributed by atoms with E-state index in [1.54, 1.807) is 0 Å². The predicted molar refractivity (Wildman–Crippen MR) is 408 cm³/mol. The molecular formula is C84H153NO8P+. The lowest BCUT2D eigenvalue weighted by molar-refractivity contribution is -0.870. The molecule has 0 aromatic rings. The summed E-state index contributed by atoms with van der Waals surface area (Å²) >= 11 is 0. The van der Waals surface area contributed by atoms with Crippen molar-refractivity contribution < 1.29 is 42.1 Å². The van der Waals surface area contributed by atoms with Crippen molar-refractivity contribution >= 4 is 19.8 Å². The minimum absolute atomic E-state index is 0.0324. The van der Waals surface area contributed by atoms with Crippen molar-refractivity contribution in [3.63, 3.8) is 0 Å². The molecule has 0 saturated carbocycles. The van der Waals surface area contributed by atoms with Gasteiger partial charge in [-0.1, -0.05) is 368 Å². The smallest absolute Gasteiger partial charge is 0.462 e. The van der Waals surface area contributed by atoms with Gasteiger partial charge in [0, 0.05) is 12.8 Å². The van der Waals surface area contributed by atoms with Crippen LogP contribution >= 0.6 is 7.82 Å². The molecule has 0 aromatic carbocycles. The summed E-state index contributed by atoms with van der Waals surface area (Å²) in [5, 5.41) is 0. The van der Waals surface area contributed by atoms with Crippen LogP contribution < -0.4 is 0 Å². The third-order valence-corrected chi connectivity index (χ3v) is 18.6. The number of rotatable bonds is 74. The molecule has 0 fully saturated rings. The normalized spacial score (nSPS) is 13.6. The molecule has 0 aliphatic carbocycles. The SMILES string of the molecule is CC/C=C\C/C=C\C/C=C\C/C=C\CCCCCCCCCCCCCCCCCCCCCCCCCCC(=O)OC(COC(=O)CCCCCCCCCCCCCCCCCCCCCC/C=C\C/C=C\C/C=C\C/C=C\CC)COP(=O)(O)OCC[N+](C)(C)C. The zero-order chi connectivity index (χ0) is 68.3. The molecule has 2 unspecified atom stereocenters. The number of quaternary nitrogens is 1. The summed E-state index contributed by atoms with van der Waals surface area (Å²) in [6, 6.07) is 0. The standard InChI is InChI=1S/C84H152NO8P/c1-6-8-10-12-14-16-18-20-22-24-26-28-30-32-34-36-38-40-41-42-43-45-47-49-51-53-55-57-59-61-63-65-67-69-71-73-75-77-84(87)93-82(81-92-94(88,89)91-79-78-85(3,4)5)80-90-83(86)76-74-72-70-68-66-64-62-60-58-56-54-52-50-48-46-44-39-37-35-33-31-29-27-25-23-21-19-17-15-13-11-9-7-2/h8-11,14-17,20-23,26-29,82H,6-7,12-13,18-19,24-25,30-81H2,1-5H3/p+1/b10-8-,11-9-,16-14-,17-15-,22-20-,23-21-,28-26-,29-27-. The van der Waals surface area contributed by atoms with E-state index < -0.39 is 26.5 Å². The van der Waals surface area contributed by atoms with Crippen LogP contribution in [0, 0.1) is 0 Å². The first kappa shape index (κ1) is 90.9. The Bertz CT molecular complexity index is 1910. The van der Waals surface area contributed by atoms with Gasteiger partial charge in [0.15, 0.2) is 6.10 Å². The second-order valence-electron chi connectivity index (χ2n) is 28.0. The summed E-state index contributed by atoms with van der Waals surface area (Å²) in [4.78, 5) is 36.0. The van der Waals surface area contributed by atoms with Crippen LogP contribution in [-0.2, 0) is 32.7 Å². The van der Waals surface area contributed by atoms with E-state index >= 15 is 0 Å². The molecule has 94 heavy (non-hydrogen) atoms.